The van der Waals surface area contributed by atoms with Crippen LogP contribution in [0, 0.1) is 0 Å². The van der Waals surface area contributed by atoms with Crippen LogP contribution in [0.1, 0.15) is 46.5 Å². The Morgan fingerprint density at radius 3 is 2.19 bits per heavy atom. The molecule has 1 amide bonds. The van der Waals surface area contributed by atoms with Crippen molar-refractivity contribution in [1.29, 1.82) is 0 Å². The van der Waals surface area contributed by atoms with E-state index in [1.807, 2.05) is 4.90 Å². The number of carbonyl (C=O) groups is 2. The molecule has 4 nitrogen and oxygen atoms in total. The minimum absolute atomic E-state index is 0.126. The van der Waals surface area contributed by atoms with Gasteiger partial charge in [0, 0.05) is 26.9 Å². The molecule has 0 radical (unpaired) electrons. The summed E-state index contributed by atoms with van der Waals surface area (Å²) in [5.41, 5.74) is 0. The Morgan fingerprint density at radius 2 is 1.69 bits per heavy atom. The Kier molecular flexibility index (Phi) is 8.58. The Labute approximate surface area is 98.0 Å². The summed E-state index contributed by atoms with van der Waals surface area (Å²) >= 11 is 0. The molecule has 4 heteroatoms. The van der Waals surface area contributed by atoms with Crippen LogP contribution in [-0.4, -0.2) is 36.5 Å². The van der Waals surface area contributed by atoms with Crippen molar-refractivity contribution in [2.75, 3.05) is 19.7 Å². The lowest BCUT2D eigenvalue weighted by molar-refractivity contribution is -0.141. The SMILES string of the molecule is CCCCN(CCCCOC(C)=O)C(C)=O. The zero-order chi connectivity index (χ0) is 12.4. The topological polar surface area (TPSA) is 46.6 Å². The van der Waals surface area contributed by atoms with Gasteiger partial charge in [0.25, 0.3) is 0 Å². The second-order valence-electron chi connectivity index (χ2n) is 3.91. The fraction of sp³-hybridized carbons (Fsp3) is 0.833. The normalized spacial score (nSPS) is 9.94. The highest BCUT2D eigenvalue weighted by Crippen LogP contribution is 2.00. The summed E-state index contributed by atoms with van der Waals surface area (Å²) in [5.74, 6) is -0.115. The van der Waals surface area contributed by atoms with Crippen molar-refractivity contribution in [3.8, 4) is 0 Å². The van der Waals surface area contributed by atoms with Crippen molar-refractivity contribution in [3.63, 3.8) is 0 Å². The molecule has 16 heavy (non-hydrogen) atoms. The summed E-state index contributed by atoms with van der Waals surface area (Å²) in [6.45, 7) is 7.16. The number of hydrogen-bond acceptors (Lipinski definition) is 3. The van der Waals surface area contributed by atoms with Crippen LogP contribution < -0.4 is 0 Å². The molecule has 0 bridgehead atoms. The number of unbranched alkanes of at least 4 members (excludes halogenated alkanes) is 2. The van der Waals surface area contributed by atoms with Crippen molar-refractivity contribution < 1.29 is 14.3 Å². The van der Waals surface area contributed by atoms with E-state index in [2.05, 4.69) is 6.92 Å². The first-order valence-corrected chi connectivity index (χ1v) is 5.96. The summed E-state index contributed by atoms with van der Waals surface area (Å²) in [7, 11) is 0. The first kappa shape index (κ1) is 14.9. The van der Waals surface area contributed by atoms with Gasteiger partial charge in [-0.1, -0.05) is 13.3 Å². The van der Waals surface area contributed by atoms with Crippen molar-refractivity contribution in [2.24, 2.45) is 0 Å². The smallest absolute Gasteiger partial charge is 0.302 e. The van der Waals surface area contributed by atoms with Crippen LogP contribution in [0.25, 0.3) is 0 Å². The second-order valence-corrected chi connectivity index (χ2v) is 3.91. The molecule has 0 N–H and O–H groups in total. The maximum absolute atomic E-state index is 11.3. The number of amides is 1. The molecule has 0 aromatic heterocycles. The fourth-order valence-corrected chi connectivity index (χ4v) is 1.40. The molecule has 0 aliphatic heterocycles. The fourth-order valence-electron chi connectivity index (χ4n) is 1.40. The third-order valence-electron chi connectivity index (χ3n) is 2.35. The first-order chi connectivity index (χ1) is 7.57. The molecule has 94 valence electrons. The number of esters is 1. The minimum Gasteiger partial charge on any atom is -0.466 e. The molecule has 0 aliphatic rings. The van der Waals surface area contributed by atoms with Crippen LogP contribution >= 0.6 is 0 Å². The first-order valence-electron chi connectivity index (χ1n) is 5.96. The zero-order valence-corrected chi connectivity index (χ0v) is 10.6. The van der Waals surface area contributed by atoms with E-state index in [1.54, 1.807) is 6.92 Å². The average Bonchev–Trinajstić information content (AvgIpc) is 2.21. The van der Waals surface area contributed by atoms with Crippen LogP contribution in [-0.2, 0) is 14.3 Å². The third-order valence-corrected chi connectivity index (χ3v) is 2.35. The van der Waals surface area contributed by atoms with Crippen molar-refractivity contribution in [2.45, 2.75) is 46.5 Å². The molecule has 0 spiro atoms. The highest BCUT2D eigenvalue weighted by Gasteiger charge is 2.06. The Hall–Kier alpha value is -1.06. The summed E-state index contributed by atoms with van der Waals surface area (Å²) < 4.78 is 4.82. The van der Waals surface area contributed by atoms with Gasteiger partial charge in [0.05, 0.1) is 6.61 Å². The van der Waals surface area contributed by atoms with Gasteiger partial charge in [-0.05, 0) is 19.3 Å². The van der Waals surface area contributed by atoms with Gasteiger partial charge in [-0.15, -0.1) is 0 Å². The van der Waals surface area contributed by atoms with Gasteiger partial charge in [-0.3, -0.25) is 9.59 Å². The van der Waals surface area contributed by atoms with Crippen LogP contribution in [0.15, 0.2) is 0 Å². The van der Waals surface area contributed by atoms with E-state index in [0.717, 1.165) is 38.8 Å². The number of rotatable bonds is 8. The largest absolute Gasteiger partial charge is 0.466 e. The second kappa shape index (κ2) is 9.19. The summed E-state index contributed by atoms with van der Waals surface area (Å²) in [4.78, 5) is 23.6. The van der Waals surface area contributed by atoms with Crippen molar-refractivity contribution in [1.82, 2.24) is 4.90 Å². The van der Waals surface area contributed by atoms with Gasteiger partial charge in [-0.25, -0.2) is 0 Å². The highest BCUT2D eigenvalue weighted by molar-refractivity contribution is 5.73. The molecule has 0 heterocycles. The summed E-state index contributed by atoms with van der Waals surface area (Å²) in [5, 5.41) is 0. The van der Waals surface area contributed by atoms with E-state index in [9.17, 15) is 9.59 Å². The van der Waals surface area contributed by atoms with Crippen molar-refractivity contribution >= 4 is 11.9 Å². The molecule has 0 atom stereocenters. The molecular weight excluding hydrogens is 206 g/mol. The summed E-state index contributed by atoms with van der Waals surface area (Å²) in [6, 6.07) is 0. The van der Waals surface area contributed by atoms with Gasteiger partial charge in [0.15, 0.2) is 0 Å². The van der Waals surface area contributed by atoms with Crippen molar-refractivity contribution in [3.05, 3.63) is 0 Å². The zero-order valence-electron chi connectivity index (χ0n) is 10.6. The molecule has 0 aromatic rings. The number of hydrogen-bond donors (Lipinski definition) is 0. The quantitative estimate of drug-likeness (QED) is 0.472. The molecule has 0 saturated heterocycles. The van der Waals surface area contributed by atoms with Crippen LogP contribution in [0.4, 0.5) is 0 Å². The van der Waals surface area contributed by atoms with Crippen LogP contribution in [0.3, 0.4) is 0 Å². The van der Waals surface area contributed by atoms with E-state index in [-0.39, 0.29) is 11.9 Å². The maximum Gasteiger partial charge on any atom is 0.302 e. The molecule has 0 aliphatic carbocycles. The predicted octanol–water partition coefficient (Wildman–Crippen LogP) is 1.98. The van der Waals surface area contributed by atoms with E-state index < -0.39 is 0 Å². The van der Waals surface area contributed by atoms with Gasteiger partial charge < -0.3 is 9.64 Å². The van der Waals surface area contributed by atoms with Gasteiger partial charge in [0.1, 0.15) is 0 Å². The predicted molar refractivity (Wildman–Crippen MR) is 63.0 cm³/mol. The molecule has 0 fully saturated rings. The molecular formula is C12H23NO3. The van der Waals surface area contributed by atoms with Gasteiger partial charge >= 0.3 is 5.97 Å². The monoisotopic (exact) mass is 229 g/mol. The van der Waals surface area contributed by atoms with Gasteiger partial charge in [-0.2, -0.15) is 0 Å². The summed E-state index contributed by atoms with van der Waals surface area (Å²) in [6.07, 6.45) is 3.84. The minimum atomic E-state index is -0.241. The van der Waals surface area contributed by atoms with Crippen LogP contribution in [0.2, 0.25) is 0 Å². The van der Waals surface area contributed by atoms with E-state index in [0.29, 0.717) is 6.61 Å². The Morgan fingerprint density at radius 1 is 1.06 bits per heavy atom. The van der Waals surface area contributed by atoms with E-state index in [4.69, 9.17) is 4.74 Å². The lowest BCUT2D eigenvalue weighted by Gasteiger charge is -2.20. The average molecular weight is 229 g/mol. The highest BCUT2D eigenvalue weighted by atomic mass is 16.5. The van der Waals surface area contributed by atoms with Crippen LogP contribution in [0.5, 0.6) is 0 Å². The standard InChI is InChI=1S/C12H23NO3/c1-4-5-8-13(11(2)14)9-6-7-10-16-12(3)15/h4-10H2,1-3H3. The lowest BCUT2D eigenvalue weighted by Crippen LogP contribution is -2.30. The Bertz CT molecular complexity index is 216. The number of ether oxygens (including phenoxy) is 1. The van der Waals surface area contributed by atoms with E-state index >= 15 is 0 Å². The molecule has 0 aromatic carbocycles. The van der Waals surface area contributed by atoms with Gasteiger partial charge in [0.2, 0.25) is 5.91 Å². The number of nitrogens with zero attached hydrogens (tertiary/aromatic N) is 1. The maximum atomic E-state index is 11.3. The molecule has 0 unspecified atom stereocenters. The third kappa shape index (κ3) is 8.26. The molecule has 0 rings (SSSR count). The Balaban J connectivity index is 3.60. The van der Waals surface area contributed by atoms with E-state index in [1.165, 1.54) is 6.92 Å². The lowest BCUT2D eigenvalue weighted by atomic mass is 10.2. The molecule has 0 saturated carbocycles. The number of carbonyl (C=O) groups excluding carboxylic acids is 2.